The number of amidine groups is 1. The number of nitrogens with one attached hydrogen (secondary N) is 1. The Kier molecular flexibility index (Phi) is 5.58. The number of hydrogen-bond donors (Lipinski definition) is 1. The molecule has 3 heterocycles. The van der Waals surface area contributed by atoms with Gasteiger partial charge in [-0.2, -0.15) is 5.10 Å². The van der Waals surface area contributed by atoms with Gasteiger partial charge in [-0.1, -0.05) is 18.2 Å². The average molecular weight is 396 g/mol. The number of methoxy groups -OCH3 is 1. The van der Waals surface area contributed by atoms with Crippen LogP contribution in [0.3, 0.4) is 0 Å². The van der Waals surface area contributed by atoms with Crippen molar-refractivity contribution in [1.82, 2.24) is 10.3 Å². The number of nitrogens with zero attached hydrogens (tertiary/aromatic N) is 3. The third kappa shape index (κ3) is 4.00. The first-order chi connectivity index (χ1) is 14.1. The van der Waals surface area contributed by atoms with Gasteiger partial charge >= 0.3 is 0 Å². The van der Waals surface area contributed by atoms with Crippen molar-refractivity contribution in [3.05, 3.63) is 59.6 Å². The third-order valence-electron chi connectivity index (χ3n) is 5.77. The van der Waals surface area contributed by atoms with E-state index in [1.807, 2.05) is 25.3 Å². The molecule has 152 valence electrons. The van der Waals surface area contributed by atoms with Crippen LogP contribution < -0.4 is 5.43 Å². The van der Waals surface area contributed by atoms with E-state index in [4.69, 9.17) is 4.74 Å². The summed E-state index contributed by atoms with van der Waals surface area (Å²) < 4.78 is 18.9. The van der Waals surface area contributed by atoms with Crippen molar-refractivity contribution < 1.29 is 13.9 Å². The molecule has 1 N–H and O–H groups in total. The summed E-state index contributed by atoms with van der Waals surface area (Å²) in [6, 6.07) is 4.79. The van der Waals surface area contributed by atoms with Gasteiger partial charge in [-0.25, -0.2) is 9.38 Å². The Labute approximate surface area is 169 Å². The lowest BCUT2D eigenvalue weighted by atomic mass is 9.90. The Morgan fingerprint density at radius 2 is 2.21 bits per heavy atom. The lowest BCUT2D eigenvalue weighted by molar-refractivity contribution is -0.127. The molecular formula is C22H25FN4O2. The summed E-state index contributed by atoms with van der Waals surface area (Å²) in [5.41, 5.74) is 4.94. The highest BCUT2D eigenvalue weighted by molar-refractivity contribution is 6.08. The Balaban J connectivity index is 1.40. The van der Waals surface area contributed by atoms with Gasteiger partial charge in [0.1, 0.15) is 11.7 Å². The molecule has 3 aliphatic rings. The van der Waals surface area contributed by atoms with Crippen molar-refractivity contribution in [3.63, 3.8) is 0 Å². The molecule has 29 heavy (non-hydrogen) atoms. The van der Waals surface area contributed by atoms with Gasteiger partial charge in [0.05, 0.1) is 5.92 Å². The van der Waals surface area contributed by atoms with Crippen molar-refractivity contribution in [2.75, 3.05) is 13.7 Å². The number of carbonyl (C=O) groups excluding carboxylic acids is 1. The first kappa shape index (κ1) is 19.5. The molecule has 0 aliphatic carbocycles. The number of dihydropyridines is 1. The first-order valence-electron chi connectivity index (χ1n) is 9.88. The summed E-state index contributed by atoms with van der Waals surface area (Å²) in [6.07, 6.45) is 10.6. The number of aryl methyl sites for hydroxylation is 2. The Morgan fingerprint density at radius 1 is 1.34 bits per heavy atom. The maximum Gasteiger partial charge on any atom is 0.239 e. The molecule has 4 atom stereocenters. The van der Waals surface area contributed by atoms with Gasteiger partial charge in [0.2, 0.25) is 5.91 Å². The molecule has 0 bridgehead atoms. The third-order valence-corrected chi connectivity index (χ3v) is 5.77. The molecule has 1 aromatic carbocycles. The summed E-state index contributed by atoms with van der Waals surface area (Å²) in [7, 11) is 1.63. The topological polar surface area (TPSA) is 66.3 Å². The van der Waals surface area contributed by atoms with E-state index >= 15 is 0 Å². The number of ether oxygens (including phenoxy) is 1. The smallest absolute Gasteiger partial charge is 0.239 e. The van der Waals surface area contributed by atoms with E-state index in [0.29, 0.717) is 12.3 Å². The molecule has 0 saturated heterocycles. The predicted molar refractivity (Wildman–Crippen MR) is 110 cm³/mol. The van der Waals surface area contributed by atoms with Crippen molar-refractivity contribution >= 4 is 18.0 Å². The maximum absolute atomic E-state index is 13.3. The fourth-order valence-electron chi connectivity index (χ4n) is 4.04. The molecular weight excluding hydrogens is 371 g/mol. The van der Waals surface area contributed by atoms with Crippen LogP contribution in [0.5, 0.6) is 0 Å². The molecule has 0 aromatic heterocycles. The minimum atomic E-state index is -0.353. The minimum Gasteiger partial charge on any atom is -0.359 e. The Morgan fingerprint density at radius 3 is 2.93 bits per heavy atom. The first-order valence-corrected chi connectivity index (χ1v) is 9.88. The van der Waals surface area contributed by atoms with Crippen LogP contribution in [0.15, 0.2) is 52.7 Å². The minimum absolute atomic E-state index is 0.00515. The summed E-state index contributed by atoms with van der Waals surface area (Å²) in [5, 5.41) is 4.07. The van der Waals surface area contributed by atoms with E-state index in [1.54, 1.807) is 24.3 Å². The fraction of sp³-hybridized carbons (Fsp3) is 0.409. The predicted octanol–water partition coefficient (Wildman–Crippen LogP) is 2.80. The number of amides is 1. The van der Waals surface area contributed by atoms with Crippen LogP contribution in [0.4, 0.5) is 4.39 Å². The Hall–Kier alpha value is -2.80. The van der Waals surface area contributed by atoms with Gasteiger partial charge in [-0.15, -0.1) is 0 Å². The zero-order valence-electron chi connectivity index (χ0n) is 16.6. The molecule has 0 spiro atoms. The fourth-order valence-corrected chi connectivity index (χ4v) is 4.04. The van der Waals surface area contributed by atoms with Crippen LogP contribution in [-0.4, -0.2) is 42.7 Å². The monoisotopic (exact) mass is 396 g/mol. The van der Waals surface area contributed by atoms with Gasteiger partial charge < -0.3 is 10.2 Å². The number of aliphatic imine (C=N–C) groups is 1. The number of rotatable bonds is 5. The van der Waals surface area contributed by atoms with E-state index in [2.05, 4.69) is 21.6 Å². The van der Waals surface area contributed by atoms with Crippen LogP contribution >= 0.6 is 0 Å². The number of hydrogen-bond acceptors (Lipinski definition) is 5. The summed E-state index contributed by atoms with van der Waals surface area (Å²) in [4.78, 5) is 19.2. The zero-order valence-corrected chi connectivity index (χ0v) is 16.6. The molecule has 1 aromatic rings. The lowest BCUT2D eigenvalue weighted by Crippen LogP contribution is -2.38. The van der Waals surface area contributed by atoms with Crippen molar-refractivity contribution in [3.8, 4) is 0 Å². The van der Waals surface area contributed by atoms with Gasteiger partial charge in [0.25, 0.3) is 0 Å². The van der Waals surface area contributed by atoms with Gasteiger partial charge in [0.15, 0.2) is 6.23 Å². The van der Waals surface area contributed by atoms with Crippen LogP contribution in [0, 0.1) is 30.5 Å². The molecule has 4 unspecified atom stereocenters. The molecule has 1 amide bonds. The standard InChI is InChI=1S/C22H25FN4O2/c1-14-11-18(23)6-5-15(14)3-4-16-9-10-27(22(16)28)20-8-7-19(21(26-20)29-2)17-12-24-25-13-17/h5-12,16-17,19,21,25H,3-4,13H2,1-2H3. The highest BCUT2D eigenvalue weighted by atomic mass is 19.1. The second-order valence-electron chi connectivity index (χ2n) is 7.62. The van der Waals surface area contributed by atoms with Crippen molar-refractivity contribution in [2.24, 2.45) is 27.8 Å². The zero-order chi connectivity index (χ0) is 20.4. The van der Waals surface area contributed by atoms with Crippen molar-refractivity contribution in [2.45, 2.75) is 26.0 Å². The number of carbonyl (C=O) groups is 1. The quantitative estimate of drug-likeness (QED) is 0.832. The van der Waals surface area contributed by atoms with Gasteiger partial charge in [0, 0.05) is 37.9 Å². The van der Waals surface area contributed by atoms with Crippen molar-refractivity contribution in [1.29, 1.82) is 0 Å². The average Bonchev–Trinajstić information content (AvgIpc) is 3.37. The van der Waals surface area contributed by atoms with Gasteiger partial charge in [-0.05, 0) is 49.1 Å². The largest absolute Gasteiger partial charge is 0.359 e. The highest BCUT2D eigenvalue weighted by Crippen LogP contribution is 2.28. The van der Waals surface area contributed by atoms with E-state index in [0.717, 1.165) is 24.1 Å². The van der Waals surface area contributed by atoms with Crippen LogP contribution in [-0.2, 0) is 16.0 Å². The van der Waals surface area contributed by atoms with Crippen LogP contribution in [0.1, 0.15) is 17.5 Å². The van der Waals surface area contributed by atoms with Gasteiger partial charge in [-0.3, -0.25) is 9.69 Å². The summed E-state index contributed by atoms with van der Waals surface area (Å²) in [6.45, 7) is 2.65. The molecule has 0 fully saturated rings. The van der Waals surface area contributed by atoms with E-state index < -0.39 is 0 Å². The second kappa shape index (κ2) is 8.29. The van der Waals surface area contributed by atoms with E-state index in [9.17, 15) is 9.18 Å². The maximum atomic E-state index is 13.3. The molecule has 3 aliphatic heterocycles. The number of halogens is 1. The molecule has 7 heteroatoms. The normalized spacial score (nSPS) is 28.2. The van der Waals surface area contributed by atoms with Crippen LogP contribution in [0.25, 0.3) is 0 Å². The van der Waals surface area contributed by atoms with E-state index in [-0.39, 0.29) is 35.7 Å². The molecule has 0 saturated carbocycles. The lowest BCUT2D eigenvalue weighted by Gasteiger charge is -2.29. The molecule has 4 rings (SSSR count). The SMILES string of the molecule is COC1N=C(N2C=CC(CCc3ccc(F)cc3C)C2=O)C=CC1C1C=NNC1. The molecule has 0 radical (unpaired) electrons. The Bertz CT molecular complexity index is 908. The van der Waals surface area contributed by atoms with E-state index in [1.165, 1.54) is 12.1 Å². The summed E-state index contributed by atoms with van der Waals surface area (Å²) in [5.74, 6) is 0.463. The number of hydrazone groups is 1. The highest BCUT2D eigenvalue weighted by Gasteiger charge is 2.34. The number of benzene rings is 1. The summed E-state index contributed by atoms with van der Waals surface area (Å²) >= 11 is 0. The second-order valence-corrected chi connectivity index (χ2v) is 7.62. The molecule has 6 nitrogen and oxygen atoms in total. The van der Waals surface area contributed by atoms with Crippen LogP contribution in [0.2, 0.25) is 0 Å².